The van der Waals surface area contributed by atoms with Gasteiger partial charge in [0.15, 0.2) is 0 Å². The summed E-state index contributed by atoms with van der Waals surface area (Å²) in [6, 6.07) is 0. The summed E-state index contributed by atoms with van der Waals surface area (Å²) in [6.07, 6.45) is 0. The molecule has 0 aromatic carbocycles. The Bertz CT molecular complexity index is 34.5. The van der Waals surface area contributed by atoms with Crippen LogP contribution in [-0.2, 0) is 4.79 Å². The molecule has 0 aliphatic heterocycles. The zero-order valence-electron chi connectivity index (χ0n) is 3.77. The molecule has 4 heteroatoms. The zero-order chi connectivity index (χ0) is 3.58. The molecule has 4 N–H and O–H groups in total. The number of hydrogen-bond acceptors (Lipinski definition) is 2. The van der Waals surface area contributed by atoms with Crippen LogP contribution in [0, 0.1) is 0 Å². The smallest absolute Gasteiger partial charge is 0.300 e. The van der Waals surface area contributed by atoms with Crippen molar-refractivity contribution in [3.05, 3.63) is 0 Å². The summed E-state index contributed by atoms with van der Waals surface area (Å²) in [4.78, 5) is 9.00. The quantitative estimate of drug-likeness (QED) is 0.434. The summed E-state index contributed by atoms with van der Waals surface area (Å²) in [5.74, 6) is -0.833. The zero-order valence-corrected chi connectivity index (χ0v) is 5.98. The molecule has 0 rings (SSSR count). The van der Waals surface area contributed by atoms with Gasteiger partial charge in [-0.05, 0) is 0 Å². The van der Waals surface area contributed by atoms with E-state index in [0.717, 1.165) is 6.92 Å². The van der Waals surface area contributed by atoms with Crippen molar-refractivity contribution in [2.24, 2.45) is 0 Å². The summed E-state index contributed by atoms with van der Waals surface area (Å²) in [5.41, 5.74) is 0. The number of rotatable bonds is 0. The Morgan fingerprint density at radius 2 is 1.67 bits per heavy atom. The minimum Gasteiger partial charge on any atom is -0.481 e. The van der Waals surface area contributed by atoms with Gasteiger partial charge in [-0.25, -0.2) is 0 Å². The van der Waals surface area contributed by atoms with Crippen molar-refractivity contribution < 1.29 is 9.90 Å². The van der Waals surface area contributed by atoms with E-state index in [1.165, 1.54) is 0 Å². The summed E-state index contributed by atoms with van der Waals surface area (Å²) >= 11 is 0. The van der Waals surface area contributed by atoms with Crippen LogP contribution in [0.5, 0.6) is 0 Å². The fourth-order valence-corrected chi connectivity index (χ4v) is 0. The van der Waals surface area contributed by atoms with Crippen LogP contribution in [0.2, 0.25) is 0 Å². The van der Waals surface area contributed by atoms with E-state index in [4.69, 9.17) is 9.90 Å². The molecule has 0 spiro atoms. The van der Waals surface area contributed by atoms with Crippen molar-refractivity contribution in [3.8, 4) is 0 Å². The van der Waals surface area contributed by atoms with Gasteiger partial charge in [0, 0.05) is 44.7 Å². The normalized spacial score (nSPS) is 4.17. The molecule has 0 unspecified atom stereocenters. The van der Waals surface area contributed by atoms with Crippen molar-refractivity contribution in [3.63, 3.8) is 0 Å². The average Bonchev–Trinajstić information content (AvgIpc) is 0.811. The van der Waals surface area contributed by atoms with Gasteiger partial charge in [0.1, 0.15) is 0 Å². The fourth-order valence-electron chi connectivity index (χ4n) is 0. The Balaban J connectivity index is -0.0000000450. The van der Waals surface area contributed by atoms with Gasteiger partial charge < -0.3 is 11.3 Å². The molecule has 0 saturated heterocycles. The fraction of sp³-hybridized carbons (Fsp3) is 0.500. The molecule has 0 aliphatic rings. The van der Waals surface area contributed by atoms with Crippen molar-refractivity contribution in [2.75, 3.05) is 0 Å². The first-order valence-corrected chi connectivity index (χ1v) is 0.928. The van der Waals surface area contributed by atoms with E-state index in [9.17, 15) is 0 Å². The van der Waals surface area contributed by atoms with Gasteiger partial charge >= 0.3 is 0 Å². The Hall–Kier alpha value is 0.690. The van der Waals surface area contributed by atoms with Crippen LogP contribution >= 0.6 is 0 Å². The molecule has 0 atom stereocenters. The molecule has 0 aromatic heterocycles. The van der Waals surface area contributed by atoms with Crippen molar-refractivity contribution >= 4 is 43.7 Å². The third-order valence-electron chi connectivity index (χ3n) is 0. The van der Waals surface area contributed by atoms with Crippen molar-refractivity contribution in [1.29, 1.82) is 0 Å². The second kappa shape index (κ2) is 9.19. The molecule has 0 amide bonds. The molecule has 3 nitrogen and oxygen atoms in total. The minimum absolute atomic E-state index is 0. The van der Waals surface area contributed by atoms with Gasteiger partial charge in [0.25, 0.3) is 5.97 Å². The monoisotopic (exact) mass is 117 g/mol. The van der Waals surface area contributed by atoms with Gasteiger partial charge in [-0.1, -0.05) is 0 Å². The van der Waals surface area contributed by atoms with Gasteiger partial charge in [-0.15, -0.1) is 0 Å². The SMILES string of the molecule is CC(=O)O.N.[Ca]. The first kappa shape index (κ1) is 15.9. The minimum atomic E-state index is -0.833. The second-order valence-electron chi connectivity index (χ2n) is 0.519. The molecule has 34 valence electrons. The molecular formula is C2H7CaNO2. The molecule has 0 heterocycles. The maximum Gasteiger partial charge on any atom is 0.300 e. The van der Waals surface area contributed by atoms with Gasteiger partial charge in [0.05, 0.1) is 0 Å². The topological polar surface area (TPSA) is 72.3 Å². The van der Waals surface area contributed by atoms with Crippen molar-refractivity contribution in [2.45, 2.75) is 6.92 Å². The van der Waals surface area contributed by atoms with E-state index in [0.29, 0.717) is 0 Å². The van der Waals surface area contributed by atoms with Crippen LogP contribution in [0.25, 0.3) is 0 Å². The van der Waals surface area contributed by atoms with E-state index in [1.807, 2.05) is 0 Å². The summed E-state index contributed by atoms with van der Waals surface area (Å²) in [5, 5.41) is 7.42. The van der Waals surface area contributed by atoms with E-state index in [-0.39, 0.29) is 43.9 Å². The predicted octanol–water partition coefficient (Wildman–Crippen LogP) is -0.128. The third kappa shape index (κ3) is 134. The van der Waals surface area contributed by atoms with Crippen LogP contribution in [0.4, 0.5) is 0 Å². The molecule has 6 heavy (non-hydrogen) atoms. The average molecular weight is 117 g/mol. The first-order chi connectivity index (χ1) is 1.73. The van der Waals surface area contributed by atoms with Gasteiger partial charge in [-0.3, -0.25) is 4.79 Å². The van der Waals surface area contributed by atoms with E-state index in [2.05, 4.69) is 0 Å². The molecule has 0 saturated carbocycles. The van der Waals surface area contributed by atoms with Gasteiger partial charge in [0.2, 0.25) is 0 Å². The summed E-state index contributed by atoms with van der Waals surface area (Å²) in [6.45, 7) is 1.08. The standard InChI is InChI=1S/C2H4O2.Ca.H3N/c1-2(3)4;;/h1H3,(H,3,4);;1H3. The second-order valence-corrected chi connectivity index (χ2v) is 0.519. The molecule has 0 aromatic rings. The number of hydrogen-bond donors (Lipinski definition) is 2. The number of carboxylic acids is 1. The van der Waals surface area contributed by atoms with Crippen molar-refractivity contribution in [1.82, 2.24) is 6.15 Å². The predicted molar refractivity (Wildman–Crippen MR) is 24.1 cm³/mol. The molecule has 0 fully saturated rings. The summed E-state index contributed by atoms with van der Waals surface area (Å²) in [7, 11) is 0. The maximum absolute atomic E-state index is 9.00. The Labute approximate surface area is 66.3 Å². The number of aliphatic carboxylic acids is 1. The van der Waals surface area contributed by atoms with E-state index < -0.39 is 5.97 Å². The van der Waals surface area contributed by atoms with Crippen LogP contribution in [0.1, 0.15) is 6.92 Å². The first-order valence-electron chi connectivity index (χ1n) is 0.928. The molecule has 2 radical (unpaired) electrons. The number of carboxylic acid groups (broad SMARTS) is 1. The Morgan fingerprint density at radius 1 is 1.67 bits per heavy atom. The number of carbonyl (C=O) groups is 1. The van der Waals surface area contributed by atoms with Gasteiger partial charge in [-0.2, -0.15) is 0 Å². The molecular weight excluding hydrogens is 110 g/mol. The third-order valence-corrected chi connectivity index (χ3v) is 0. The summed E-state index contributed by atoms with van der Waals surface area (Å²) < 4.78 is 0. The van der Waals surface area contributed by atoms with Crippen LogP contribution in [-0.4, -0.2) is 48.8 Å². The maximum atomic E-state index is 9.00. The van der Waals surface area contributed by atoms with Crippen LogP contribution in [0.15, 0.2) is 0 Å². The molecule has 0 aliphatic carbocycles. The Kier molecular flexibility index (Phi) is 24.4. The Morgan fingerprint density at radius 3 is 1.67 bits per heavy atom. The molecule has 0 bridgehead atoms. The van der Waals surface area contributed by atoms with E-state index in [1.54, 1.807) is 0 Å². The van der Waals surface area contributed by atoms with Crippen LogP contribution in [0.3, 0.4) is 0 Å². The van der Waals surface area contributed by atoms with E-state index >= 15 is 0 Å². The largest absolute Gasteiger partial charge is 0.481 e. The van der Waals surface area contributed by atoms with Crippen LogP contribution < -0.4 is 6.15 Å².